The van der Waals surface area contributed by atoms with Gasteiger partial charge in [0.05, 0.1) is 29.9 Å². The van der Waals surface area contributed by atoms with Crippen LogP contribution in [-0.4, -0.2) is 48.0 Å². The maximum absolute atomic E-state index is 5.25. The molecule has 146 valence electrons. The average molecular weight is 377 g/mol. The number of nitrogens with zero attached hydrogens (tertiary/aromatic N) is 4. The summed E-state index contributed by atoms with van der Waals surface area (Å²) in [6.07, 6.45) is 0. The molecule has 5 nitrogen and oxygen atoms in total. The molecule has 1 fully saturated rings. The van der Waals surface area contributed by atoms with Gasteiger partial charge in [-0.25, -0.2) is 4.68 Å². The molecule has 0 saturated carbocycles. The first-order valence-corrected chi connectivity index (χ1v) is 9.87. The zero-order valence-electron chi connectivity index (χ0n) is 16.9. The Balaban J connectivity index is 1.43. The summed E-state index contributed by atoms with van der Waals surface area (Å²) in [7, 11) is 1.71. The first-order valence-electron chi connectivity index (χ1n) is 9.87. The SMILES string of the molecule is COc1ccc(CN2CCN(c3c(C)nn(-c4ccccc4)c3C)CC2)cc1. The molecule has 0 radical (unpaired) electrons. The molecule has 0 unspecified atom stereocenters. The standard InChI is InChI=1S/C23H28N4O/c1-18-23(19(2)27(24-18)21-7-5-4-6-8-21)26-15-13-25(14-16-26)17-20-9-11-22(28-3)12-10-20/h4-12H,13-17H2,1-3H3. The lowest BCUT2D eigenvalue weighted by molar-refractivity contribution is 0.249. The molecule has 0 bridgehead atoms. The van der Waals surface area contributed by atoms with Gasteiger partial charge in [-0.1, -0.05) is 30.3 Å². The molecule has 2 aromatic carbocycles. The normalized spacial score (nSPS) is 15.0. The maximum Gasteiger partial charge on any atom is 0.118 e. The van der Waals surface area contributed by atoms with Gasteiger partial charge in [-0.15, -0.1) is 0 Å². The highest BCUT2D eigenvalue weighted by molar-refractivity contribution is 5.57. The topological polar surface area (TPSA) is 33.5 Å². The smallest absolute Gasteiger partial charge is 0.118 e. The van der Waals surface area contributed by atoms with Gasteiger partial charge in [0.25, 0.3) is 0 Å². The van der Waals surface area contributed by atoms with Crippen LogP contribution >= 0.6 is 0 Å². The van der Waals surface area contributed by atoms with Crippen LogP contribution < -0.4 is 9.64 Å². The molecule has 1 aromatic heterocycles. The largest absolute Gasteiger partial charge is 0.497 e. The fourth-order valence-corrected chi connectivity index (χ4v) is 4.03. The predicted molar refractivity (Wildman–Crippen MR) is 114 cm³/mol. The molecule has 0 atom stereocenters. The second-order valence-corrected chi connectivity index (χ2v) is 7.38. The van der Waals surface area contributed by atoms with Crippen LogP contribution in [0.15, 0.2) is 54.6 Å². The second-order valence-electron chi connectivity index (χ2n) is 7.38. The summed E-state index contributed by atoms with van der Waals surface area (Å²) in [5, 5.41) is 4.81. The van der Waals surface area contributed by atoms with Crippen molar-refractivity contribution in [2.24, 2.45) is 0 Å². The van der Waals surface area contributed by atoms with Gasteiger partial charge in [-0.2, -0.15) is 5.10 Å². The Kier molecular flexibility index (Phi) is 5.35. The van der Waals surface area contributed by atoms with Crippen molar-refractivity contribution in [2.75, 3.05) is 38.2 Å². The number of anilines is 1. The lowest BCUT2D eigenvalue weighted by Crippen LogP contribution is -2.46. The number of para-hydroxylation sites is 1. The lowest BCUT2D eigenvalue weighted by Gasteiger charge is -2.36. The molecule has 0 N–H and O–H groups in total. The van der Waals surface area contributed by atoms with E-state index in [4.69, 9.17) is 9.84 Å². The Morgan fingerprint density at radius 1 is 0.893 bits per heavy atom. The molecule has 0 spiro atoms. The van der Waals surface area contributed by atoms with Gasteiger partial charge in [0.1, 0.15) is 5.75 Å². The minimum atomic E-state index is 0.912. The maximum atomic E-state index is 5.25. The van der Waals surface area contributed by atoms with Gasteiger partial charge >= 0.3 is 0 Å². The van der Waals surface area contributed by atoms with Crippen LogP contribution in [0.3, 0.4) is 0 Å². The molecule has 4 rings (SSSR count). The molecule has 1 saturated heterocycles. The van der Waals surface area contributed by atoms with E-state index in [9.17, 15) is 0 Å². The number of aryl methyl sites for hydroxylation is 1. The number of rotatable bonds is 5. The zero-order chi connectivity index (χ0) is 19.5. The quantitative estimate of drug-likeness (QED) is 0.678. The van der Waals surface area contributed by atoms with Crippen molar-refractivity contribution in [3.63, 3.8) is 0 Å². The van der Waals surface area contributed by atoms with E-state index in [1.807, 2.05) is 18.2 Å². The van der Waals surface area contributed by atoms with Crippen LogP contribution in [0.1, 0.15) is 17.0 Å². The van der Waals surface area contributed by atoms with Crippen molar-refractivity contribution in [1.82, 2.24) is 14.7 Å². The lowest BCUT2D eigenvalue weighted by atomic mass is 10.1. The van der Waals surface area contributed by atoms with Gasteiger partial charge in [-0.3, -0.25) is 4.90 Å². The molecule has 5 heteroatoms. The summed E-state index contributed by atoms with van der Waals surface area (Å²) in [6, 6.07) is 18.8. The number of aromatic nitrogens is 2. The van der Waals surface area contributed by atoms with E-state index >= 15 is 0 Å². The summed E-state index contributed by atoms with van der Waals surface area (Å²) in [4.78, 5) is 5.01. The van der Waals surface area contributed by atoms with Crippen LogP contribution in [0, 0.1) is 13.8 Å². The molecule has 1 aliphatic rings. The second kappa shape index (κ2) is 8.07. The Morgan fingerprint density at radius 3 is 2.21 bits per heavy atom. The Morgan fingerprint density at radius 2 is 1.57 bits per heavy atom. The third kappa shape index (κ3) is 3.76. The summed E-state index contributed by atoms with van der Waals surface area (Å²) in [5.41, 5.74) is 6.05. The highest BCUT2D eigenvalue weighted by Gasteiger charge is 2.23. The number of benzene rings is 2. The highest BCUT2D eigenvalue weighted by Crippen LogP contribution is 2.28. The average Bonchev–Trinajstić information content (AvgIpc) is 3.04. The van der Waals surface area contributed by atoms with Gasteiger partial charge in [0.15, 0.2) is 0 Å². The molecule has 1 aliphatic heterocycles. The summed E-state index contributed by atoms with van der Waals surface area (Å²) in [6.45, 7) is 9.44. The van der Waals surface area contributed by atoms with Crippen molar-refractivity contribution >= 4 is 5.69 Å². The van der Waals surface area contributed by atoms with Crippen LogP contribution in [-0.2, 0) is 6.54 Å². The van der Waals surface area contributed by atoms with E-state index in [1.165, 1.54) is 16.9 Å². The van der Waals surface area contributed by atoms with E-state index in [-0.39, 0.29) is 0 Å². The number of piperazine rings is 1. The monoisotopic (exact) mass is 376 g/mol. The minimum absolute atomic E-state index is 0.912. The van der Waals surface area contributed by atoms with E-state index in [0.29, 0.717) is 0 Å². The Bertz CT molecular complexity index is 910. The Hall–Kier alpha value is -2.79. The molecular weight excluding hydrogens is 348 g/mol. The molecule has 0 aliphatic carbocycles. The van der Waals surface area contributed by atoms with E-state index in [0.717, 1.165) is 49.9 Å². The van der Waals surface area contributed by atoms with Crippen LogP contribution in [0.5, 0.6) is 5.75 Å². The van der Waals surface area contributed by atoms with Crippen molar-refractivity contribution in [3.05, 3.63) is 71.5 Å². The van der Waals surface area contributed by atoms with Gasteiger partial charge < -0.3 is 9.64 Å². The molecular formula is C23H28N4O. The molecule has 28 heavy (non-hydrogen) atoms. The van der Waals surface area contributed by atoms with Gasteiger partial charge in [-0.05, 0) is 43.7 Å². The summed E-state index contributed by atoms with van der Waals surface area (Å²) < 4.78 is 7.31. The van der Waals surface area contributed by atoms with Crippen LogP contribution in [0.4, 0.5) is 5.69 Å². The van der Waals surface area contributed by atoms with Crippen LogP contribution in [0.2, 0.25) is 0 Å². The minimum Gasteiger partial charge on any atom is -0.497 e. The van der Waals surface area contributed by atoms with Gasteiger partial charge in [0, 0.05) is 32.7 Å². The van der Waals surface area contributed by atoms with Gasteiger partial charge in [0.2, 0.25) is 0 Å². The molecule has 0 amide bonds. The first-order chi connectivity index (χ1) is 13.7. The molecule has 3 aromatic rings. The van der Waals surface area contributed by atoms with Crippen molar-refractivity contribution in [2.45, 2.75) is 20.4 Å². The zero-order valence-corrected chi connectivity index (χ0v) is 16.9. The highest BCUT2D eigenvalue weighted by atomic mass is 16.5. The number of ether oxygens (including phenoxy) is 1. The van der Waals surface area contributed by atoms with E-state index < -0.39 is 0 Å². The van der Waals surface area contributed by atoms with Crippen molar-refractivity contribution in [1.29, 1.82) is 0 Å². The van der Waals surface area contributed by atoms with E-state index in [1.54, 1.807) is 7.11 Å². The third-order valence-corrected chi connectivity index (χ3v) is 5.51. The predicted octanol–water partition coefficient (Wildman–Crippen LogP) is 3.82. The van der Waals surface area contributed by atoms with E-state index in [2.05, 4.69) is 64.7 Å². The van der Waals surface area contributed by atoms with Crippen molar-refractivity contribution in [3.8, 4) is 11.4 Å². The summed E-state index contributed by atoms with van der Waals surface area (Å²) in [5.74, 6) is 0.912. The Labute approximate surface area is 167 Å². The summed E-state index contributed by atoms with van der Waals surface area (Å²) >= 11 is 0. The van der Waals surface area contributed by atoms with Crippen molar-refractivity contribution < 1.29 is 4.74 Å². The first kappa shape index (κ1) is 18.6. The molecule has 2 heterocycles. The number of hydrogen-bond acceptors (Lipinski definition) is 4. The fourth-order valence-electron chi connectivity index (χ4n) is 4.03. The van der Waals surface area contributed by atoms with Crippen LogP contribution in [0.25, 0.3) is 5.69 Å². The third-order valence-electron chi connectivity index (χ3n) is 5.51. The number of hydrogen-bond donors (Lipinski definition) is 0. The number of methoxy groups -OCH3 is 1. The fraction of sp³-hybridized carbons (Fsp3) is 0.348.